The summed E-state index contributed by atoms with van der Waals surface area (Å²) < 4.78 is 22.6. The monoisotopic (exact) mass is 191 g/mol. The highest BCUT2D eigenvalue weighted by atomic mass is 32.2. The third kappa shape index (κ3) is 2.20. The van der Waals surface area contributed by atoms with E-state index in [0.29, 0.717) is 0 Å². The Hall–Kier alpha value is -0.0900. The Kier molecular flexibility index (Phi) is 3.12. The minimum atomic E-state index is -2.84. The third-order valence-electron chi connectivity index (χ3n) is 2.47. The van der Waals surface area contributed by atoms with Crippen molar-refractivity contribution in [3.63, 3.8) is 0 Å². The van der Waals surface area contributed by atoms with Crippen LogP contribution in [0.15, 0.2) is 0 Å². The smallest absolute Gasteiger partial charge is 0.151 e. The van der Waals surface area contributed by atoms with E-state index < -0.39 is 9.84 Å². The van der Waals surface area contributed by atoms with E-state index in [1.54, 1.807) is 0 Å². The first kappa shape index (κ1) is 9.99. The molecule has 4 heteroatoms. The Bertz CT molecular complexity index is 235. The minimum Gasteiger partial charge on any atom is -0.313 e. The van der Waals surface area contributed by atoms with Gasteiger partial charge in [0.1, 0.15) is 0 Å². The van der Waals surface area contributed by atoms with Gasteiger partial charge in [-0.05, 0) is 19.4 Å². The molecule has 1 aliphatic carbocycles. The first-order valence-corrected chi connectivity index (χ1v) is 6.43. The summed E-state index contributed by atoms with van der Waals surface area (Å²) in [6, 6.07) is 0.199. The van der Waals surface area contributed by atoms with Gasteiger partial charge in [0.25, 0.3) is 0 Å². The Morgan fingerprint density at radius 1 is 1.42 bits per heavy atom. The van der Waals surface area contributed by atoms with Crippen LogP contribution in [0.4, 0.5) is 0 Å². The molecule has 2 atom stereocenters. The van der Waals surface area contributed by atoms with Gasteiger partial charge in [-0.3, -0.25) is 0 Å². The molecule has 0 amide bonds. The van der Waals surface area contributed by atoms with Crippen molar-refractivity contribution in [2.45, 2.75) is 37.5 Å². The lowest BCUT2D eigenvalue weighted by molar-refractivity contribution is 0.520. The summed E-state index contributed by atoms with van der Waals surface area (Å²) in [7, 11) is -2.84. The molecule has 0 saturated heterocycles. The standard InChI is InChI=1S/C8H17NO2S/c1-3-9-7-5-4-6-8(7)12(2,10)11/h7-9H,3-6H2,1-2H3. The fraction of sp³-hybridized carbons (Fsp3) is 1.00. The number of nitrogens with one attached hydrogen (secondary N) is 1. The first-order chi connectivity index (χ1) is 5.55. The van der Waals surface area contributed by atoms with Crippen LogP contribution in [-0.2, 0) is 9.84 Å². The van der Waals surface area contributed by atoms with Crippen molar-refractivity contribution in [2.75, 3.05) is 12.8 Å². The van der Waals surface area contributed by atoms with Crippen LogP contribution in [0.2, 0.25) is 0 Å². The average Bonchev–Trinajstić information content (AvgIpc) is 2.34. The van der Waals surface area contributed by atoms with E-state index in [1.165, 1.54) is 6.26 Å². The summed E-state index contributed by atoms with van der Waals surface area (Å²) in [4.78, 5) is 0. The zero-order valence-electron chi connectivity index (χ0n) is 7.71. The Morgan fingerprint density at radius 3 is 2.58 bits per heavy atom. The molecule has 0 bridgehead atoms. The summed E-state index contributed by atoms with van der Waals surface area (Å²) in [6.45, 7) is 2.87. The van der Waals surface area contributed by atoms with Crippen LogP contribution in [-0.4, -0.2) is 32.5 Å². The second-order valence-corrected chi connectivity index (χ2v) is 5.73. The van der Waals surface area contributed by atoms with E-state index in [-0.39, 0.29) is 11.3 Å². The highest BCUT2D eigenvalue weighted by Crippen LogP contribution is 2.24. The molecule has 0 aromatic carbocycles. The van der Waals surface area contributed by atoms with Gasteiger partial charge < -0.3 is 5.32 Å². The molecule has 1 rings (SSSR count). The molecule has 1 fully saturated rings. The SMILES string of the molecule is CCNC1CCCC1S(C)(=O)=O. The van der Waals surface area contributed by atoms with Crippen molar-refractivity contribution >= 4 is 9.84 Å². The number of sulfone groups is 1. The molecule has 3 nitrogen and oxygen atoms in total. The van der Waals surface area contributed by atoms with Gasteiger partial charge in [-0.1, -0.05) is 13.3 Å². The Labute approximate surface area is 74.5 Å². The van der Waals surface area contributed by atoms with Gasteiger partial charge in [0.15, 0.2) is 9.84 Å². The summed E-state index contributed by atoms with van der Waals surface area (Å²) in [6.07, 6.45) is 4.21. The lowest BCUT2D eigenvalue weighted by Crippen LogP contribution is -2.39. The van der Waals surface area contributed by atoms with E-state index in [2.05, 4.69) is 5.32 Å². The first-order valence-electron chi connectivity index (χ1n) is 4.48. The van der Waals surface area contributed by atoms with Crippen LogP contribution in [0.5, 0.6) is 0 Å². The molecule has 72 valence electrons. The summed E-state index contributed by atoms with van der Waals surface area (Å²) in [5.74, 6) is 0. The van der Waals surface area contributed by atoms with Crippen molar-refractivity contribution in [3.05, 3.63) is 0 Å². The highest BCUT2D eigenvalue weighted by Gasteiger charge is 2.33. The average molecular weight is 191 g/mol. The van der Waals surface area contributed by atoms with Gasteiger partial charge in [0.2, 0.25) is 0 Å². The molecule has 0 spiro atoms. The van der Waals surface area contributed by atoms with Crippen LogP contribution in [0.1, 0.15) is 26.2 Å². The molecule has 0 heterocycles. The predicted octanol–water partition coefficient (Wildman–Crippen LogP) is 0.562. The maximum atomic E-state index is 11.3. The zero-order chi connectivity index (χ0) is 9.19. The largest absolute Gasteiger partial charge is 0.313 e. The lowest BCUT2D eigenvalue weighted by atomic mass is 10.2. The van der Waals surface area contributed by atoms with E-state index in [9.17, 15) is 8.42 Å². The maximum absolute atomic E-state index is 11.3. The summed E-state index contributed by atoms with van der Waals surface area (Å²) >= 11 is 0. The molecule has 0 aromatic rings. The predicted molar refractivity (Wildman–Crippen MR) is 49.9 cm³/mol. The Morgan fingerprint density at radius 2 is 2.08 bits per heavy atom. The molecule has 2 unspecified atom stereocenters. The number of hydrogen-bond acceptors (Lipinski definition) is 3. The van der Waals surface area contributed by atoms with Gasteiger partial charge in [-0.15, -0.1) is 0 Å². The minimum absolute atomic E-state index is 0.141. The van der Waals surface area contributed by atoms with Gasteiger partial charge in [0, 0.05) is 12.3 Å². The molecule has 1 aliphatic rings. The van der Waals surface area contributed by atoms with Gasteiger partial charge in [-0.2, -0.15) is 0 Å². The van der Waals surface area contributed by atoms with Gasteiger partial charge in [-0.25, -0.2) is 8.42 Å². The topological polar surface area (TPSA) is 46.2 Å². The van der Waals surface area contributed by atoms with E-state index in [0.717, 1.165) is 25.8 Å². The molecule has 1 saturated carbocycles. The molecule has 12 heavy (non-hydrogen) atoms. The molecule has 0 radical (unpaired) electrons. The van der Waals surface area contributed by atoms with Crippen LogP contribution in [0.3, 0.4) is 0 Å². The van der Waals surface area contributed by atoms with Crippen molar-refractivity contribution in [2.24, 2.45) is 0 Å². The van der Waals surface area contributed by atoms with Crippen LogP contribution < -0.4 is 5.32 Å². The highest BCUT2D eigenvalue weighted by molar-refractivity contribution is 7.91. The maximum Gasteiger partial charge on any atom is 0.151 e. The Balaban J connectivity index is 2.64. The second kappa shape index (κ2) is 3.75. The van der Waals surface area contributed by atoms with E-state index in [4.69, 9.17) is 0 Å². The summed E-state index contributed by atoms with van der Waals surface area (Å²) in [5, 5.41) is 3.08. The van der Waals surface area contributed by atoms with E-state index in [1.807, 2.05) is 6.92 Å². The van der Waals surface area contributed by atoms with Gasteiger partial charge >= 0.3 is 0 Å². The van der Waals surface area contributed by atoms with E-state index >= 15 is 0 Å². The van der Waals surface area contributed by atoms with Crippen molar-refractivity contribution in [3.8, 4) is 0 Å². The molecule has 0 aliphatic heterocycles. The second-order valence-electron chi connectivity index (χ2n) is 3.46. The fourth-order valence-corrected chi connectivity index (χ4v) is 3.36. The number of hydrogen-bond donors (Lipinski definition) is 1. The third-order valence-corrected chi connectivity index (χ3v) is 4.13. The summed E-state index contributed by atoms with van der Waals surface area (Å²) in [5.41, 5.74) is 0. The van der Waals surface area contributed by atoms with Crippen LogP contribution in [0.25, 0.3) is 0 Å². The van der Waals surface area contributed by atoms with Crippen molar-refractivity contribution < 1.29 is 8.42 Å². The molecular formula is C8H17NO2S. The normalized spacial score (nSPS) is 30.8. The zero-order valence-corrected chi connectivity index (χ0v) is 8.52. The van der Waals surface area contributed by atoms with Crippen LogP contribution in [0, 0.1) is 0 Å². The van der Waals surface area contributed by atoms with Gasteiger partial charge in [0.05, 0.1) is 5.25 Å². The fourth-order valence-electron chi connectivity index (χ4n) is 1.93. The molecular weight excluding hydrogens is 174 g/mol. The molecule has 1 N–H and O–H groups in total. The van der Waals surface area contributed by atoms with Crippen molar-refractivity contribution in [1.82, 2.24) is 5.32 Å². The number of rotatable bonds is 3. The van der Waals surface area contributed by atoms with Crippen molar-refractivity contribution in [1.29, 1.82) is 0 Å². The lowest BCUT2D eigenvalue weighted by Gasteiger charge is -2.18. The van der Waals surface area contributed by atoms with Crippen LogP contribution >= 0.6 is 0 Å². The quantitative estimate of drug-likeness (QED) is 0.709. The molecule has 0 aromatic heterocycles.